The van der Waals surface area contributed by atoms with Crippen LogP contribution in [0.15, 0.2) is 18.3 Å². The summed E-state index contributed by atoms with van der Waals surface area (Å²) in [5.74, 6) is -6.11. The second-order valence-corrected chi connectivity index (χ2v) is 12.3. The van der Waals surface area contributed by atoms with E-state index in [0.29, 0.717) is 0 Å². The van der Waals surface area contributed by atoms with Crippen LogP contribution < -0.4 is 0 Å². The van der Waals surface area contributed by atoms with Crippen LogP contribution in [0.3, 0.4) is 0 Å². The highest BCUT2D eigenvalue weighted by Crippen LogP contribution is 2.89. The molecule has 0 aromatic carbocycles. The fourth-order valence-corrected chi connectivity index (χ4v) is 9.59. The van der Waals surface area contributed by atoms with Crippen LogP contribution in [0.2, 0.25) is 0 Å². The first-order valence-electron chi connectivity index (χ1n) is 12.5. The van der Waals surface area contributed by atoms with Crippen molar-refractivity contribution in [3.63, 3.8) is 0 Å². The minimum absolute atomic E-state index is 0.0867. The number of carbonyl (C=O) groups is 1. The Morgan fingerprint density at radius 3 is 2.47 bits per heavy atom. The zero-order valence-electron chi connectivity index (χ0n) is 20.7. The summed E-state index contributed by atoms with van der Waals surface area (Å²) in [6.07, 6.45) is -3.68. The molecule has 36 heavy (non-hydrogen) atoms. The van der Waals surface area contributed by atoms with Crippen LogP contribution in [0.25, 0.3) is 0 Å². The monoisotopic (exact) mass is 509 g/mol. The molecule has 1 aromatic rings. The maximum atomic E-state index is 13.2. The number of esters is 1. The number of nitrogens with one attached hydrogen (secondary N) is 1. The molecular formula is C25H35NO10. The van der Waals surface area contributed by atoms with E-state index >= 15 is 0 Å². The molecule has 2 saturated heterocycles. The van der Waals surface area contributed by atoms with Crippen LogP contribution in [0.5, 0.6) is 0 Å². The number of aromatic amines is 1. The van der Waals surface area contributed by atoms with E-state index in [0.717, 1.165) is 0 Å². The van der Waals surface area contributed by atoms with Crippen molar-refractivity contribution in [1.29, 1.82) is 0 Å². The van der Waals surface area contributed by atoms with Gasteiger partial charge in [-0.3, -0.25) is 0 Å². The van der Waals surface area contributed by atoms with E-state index in [9.17, 15) is 40.5 Å². The average molecular weight is 510 g/mol. The Hall–Kier alpha value is -1.57. The average Bonchev–Trinajstić information content (AvgIpc) is 3.44. The van der Waals surface area contributed by atoms with Crippen molar-refractivity contribution in [2.75, 3.05) is 6.61 Å². The second-order valence-electron chi connectivity index (χ2n) is 12.3. The van der Waals surface area contributed by atoms with Gasteiger partial charge in [0.1, 0.15) is 28.6 Å². The van der Waals surface area contributed by atoms with Gasteiger partial charge >= 0.3 is 5.97 Å². The molecule has 2 aliphatic heterocycles. The lowest BCUT2D eigenvalue weighted by atomic mass is 9.54. The van der Waals surface area contributed by atoms with E-state index in [1.807, 2.05) is 0 Å². The summed E-state index contributed by atoms with van der Waals surface area (Å²) >= 11 is 0. The van der Waals surface area contributed by atoms with Gasteiger partial charge in [-0.25, -0.2) is 4.79 Å². The molecule has 6 aliphatic rings. The zero-order valence-corrected chi connectivity index (χ0v) is 20.7. The summed E-state index contributed by atoms with van der Waals surface area (Å²) < 4.78 is 12.1. The van der Waals surface area contributed by atoms with Crippen LogP contribution >= 0.6 is 0 Å². The number of hydrogen-bond acceptors (Lipinski definition) is 10. The summed E-state index contributed by atoms with van der Waals surface area (Å²) in [4.78, 5) is 15.9. The molecule has 6 fully saturated rings. The number of rotatable bonds is 4. The lowest BCUT2D eigenvalue weighted by Crippen LogP contribution is -2.77. The lowest BCUT2D eigenvalue weighted by molar-refractivity contribution is -0.396. The fraction of sp³-hybridized carbons (Fsp3) is 0.800. The Balaban J connectivity index is 1.67. The summed E-state index contributed by atoms with van der Waals surface area (Å²) in [6, 6.07) is 3.07. The Morgan fingerprint density at radius 2 is 1.92 bits per heavy atom. The largest absolute Gasteiger partial charge is 0.454 e. The Bertz CT molecular complexity index is 1130. The third kappa shape index (κ3) is 1.91. The number of carbonyl (C=O) groups excluding carboxylic acids is 1. The van der Waals surface area contributed by atoms with Gasteiger partial charge in [-0.05, 0) is 25.0 Å². The number of hydrogen-bond donors (Lipinski definition) is 8. The van der Waals surface area contributed by atoms with Gasteiger partial charge in [-0.2, -0.15) is 0 Å². The van der Waals surface area contributed by atoms with E-state index in [-0.39, 0.29) is 12.1 Å². The van der Waals surface area contributed by atoms with Crippen LogP contribution in [0.1, 0.15) is 51.0 Å². The summed E-state index contributed by atoms with van der Waals surface area (Å²) in [5.41, 5.74) is -12.7. The van der Waals surface area contributed by atoms with Gasteiger partial charge in [-0.1, -0.05) is 20.8 Å². The molecule has 1 spiro atoms. The van der Waals surface area contributed by atoms with Gasteiger partial charge in [0.2, 0.25) is 0 Å². The minimum Gasteiger partial charge on any atom is -0.454 e. The van der Waals surface area contributed by atoms with Gasteiger partial charge in [0, 0.05) is 36.3 Å². The molecule has 4 aliphatic carbocycles. The molecule has 1 aromatic heterocycles. The standard InChI is InChI=1S/C25H35NO10/c1-11(2)23(33)17(35-18(30)13-6-5-7-26-13)15-20(10-27)9-22(32)19(23,4)24(15,34)25(36-22)16(29)12(3)14(28)8-21(20,25)31/h5-7,11-12,14-17,26-29,31-34H,8-10H2,1-4H3. The first-order chi connectivity index (χ1) is 16.6. The number of aliphatic hydroxyl groups excluding tert-OH is 3. The Labute approximate surface area is 207 Å². The molecule has 4 saturated carbocycles. The highest BCUT2D eigenvalue weighted by Gasteiger charge is 3.06. The smallest absolute Gasteiger partial charge is 0.355 e. The first-order valence-corrected chi connectivity index (χ1v) is 12.5. The van der Waals surface area contributed by atoms with Crippen LogP contribution in [-0.2, 0) is 9.47 Å². The molecule has 6 bridgehead atoms. The molecule has 11 heteroatoms. The molecule has 11 nitrogen and oxygen atoms in total. The number of aromatic nitrogens is 1. The predicted octanol–water partition coefficient (Wildman–Crippen LogP) is -1.36. The zero-order chi connectivity index (χ0) is 26.5. The van der Waals surface area contributed by atoms with Gasteiger partial charge in [0.25, 0.3) is 0 Å². The van der Waals surface area contributed by atoms with Crippen molar-refractivity contribution in [3.8, 4) is 0 Å². The van der Waals surface area contributed by atoms with Crippen LogP contribution in [-0.4, -0.2) is 99.8 Å². The number of aliphatic hydroxyl groups is 7. The molecule has 200 valence electrons. The maximum Gasteiger partial charge on any atom is 0.355 e. The van der Waals surface area contributed by atoms with E-state index in [1.165, 1.54) is 26.1 Å². The normalized spacial score (nSPS) is 58.5. The Kier molecular flexibility index (Phi) is 4.48. The molecule has 0 amide bonds. The molecule has 7 rings (SSSR count). The van der Waals surface area contributed by atoms with E-state index in [2.05, 4.69) is 4.98 Å². The highest BCUT2D eigenvalue weighted by atomic mass is 16.7. The van der Waals surface area contributed by atoms with Crippen molar-refractivity contribution in [2.24, 2.45) is 28.6 Å². The molecular weight excluding hydrogens is 474 g/mol. The van der Waals surface area contributed by atoms with Crippen LogP contribution in [0.4, 0.5) is 0 Å². The third-order valence-corrected chi connectivity index (χ3v) is 11.3. The SMILES string of the molecule is CC1C(O)CC2(O)C3(CO)CC4(O)OC2(C1O)C1(O)C3C(OC(=O)c2ccc[nH]2)C(O)(C(C)C)C41C. The molecule has 0 radical (unpaired) electrons. The lowest BCUT2D eigenvalue weighted by Gasteiger charge is -2.61. The predicted molar refractivity (Wildman–Crippen MR) is 120 cm³/mol. The van der Waals surface area contributed by atoms with Crippen molar-refractivity contribution >= 4 is 5.97 Å². The van der Waals surface area contributed by atoms with Gasteiger partial charge in [0.05, 0.1) is 24.2 Å². The number of ether oxygens (including phenoxy) is 2. The third-order valence-electron chi connectivity index (χ3n) is 11.3. The second kappa shape index (κ2) is 6.52. The van der Waals surface area contributed by atoms with Crippen LogP contribution in [0, 0.1) is 28.6 Å². The van der Waals surface area contributed by atoms with Crippen molar-refractivity contribution < 1.29 is 50.0 Å². The Morgan fingerprint density at radius 1 is 1.25 bits per heavy atom. The van der Waals surface area contributed by atoms with E-state index < -0.39 is 94.1 Å². The van der Waals surface area contributed by atoms with Gasteiger partial charge in [-0.15, -0.1) is 0 Å². The molecule has 12 atom stereocenters. The highest BCUT2D eigenvalue weighted by molar-refractivity contribution is 5.87. The summed E-state index contributed by atoms with van der Waals surface area (Å²) in [6.45, 7) is 5.47. The van der Waals surface area contributed by atoms with Gasteiger partial charge in [0.15, 0.2) is 11.4 Å². The van der Waals surface area contributed by atoms with E-state index in [1.54, 1.807) is 19.9 Å². The molecule has 12 unspecified atom stereocenters. The van der Waals surface area contributed by atoms with Crippen molar-refractivity contribution in [2.45, 2.75) is 87.0 Å². The number of H-pyrrole nitrogens is 1. The topological polar surface area (TPSA) is 193 Å². The summed E-state index contributed by atoms with van der Waals surface area (Å²) in [7, 11) is 0. The van der Waals surface area contributed by atoms with Crippen molar-refractivity contribution in [3.05, 3.63) is 24.0 Å². The minimum atomic E-state index is -2.36. The quantitative estimate of drug-likeness (QED) is 0.225. The summed E-state index contributed by atoms with van der Waals surface area (Å²) in [5, 5.41) is 83.0. The first kappa shape index (κ1) is 24.7. The fourth-order valence-electron chi connectivity index (χ4n) is 9.59. The maximum absolute atomic E-state index is 13.2. The van der Waals surface area contributed by atoms with Gasteiger partial charge < -0.3 is 50.2 Å². The van der Waals surface area contributed by atoms with Crippen molar-refractivity contribution in [1.82, 2.24) is 4.98 Å². The molecule has 8 N–H and O–H groups in total. The molecule has 3 heterocycles. The van der Waals surface area contributed by atoms with E-state index in [4.69, 9.17) is 9.47 Å².